The second-order valence-corrected chi connectivity index (χ2v) is 8.61. The van der Waals surface area contributed by atoms with Crippen molar-refractivity contribution in [3.63, 3.8) is 0 Å². The van der Waals surface area contributed by atoms with Crippen LogP contribution in [-0.2, 0) is 6.54 Å². The van der Waals surface area contributed by atoms with Gasteiger partial charge in [0, 0.05) is 37.0 Å². The van der Waals surface area contributed by atoms with Gasteiger partial charge in [0.15, 0.2) is 11.4 Å². The first-order valence-corrected chi connectivity index (χ1v) is 10.3. The highest BCUT2D eigenvalue weighted by atomic mass is 19.2. The zero-order valence-corrected chi connectivity index (χ0v) is 17.8. The summed E-state index contributed by atoms with van der Waals surface area (Å²) in [6, 6.07) is -0.384. The number of rotatable bonds is 3. The lowest BCUT2D eigenvalue weighted by Crippen LogP contribution is -2.52. The second-order valence-electron chi connectivity index (χ2n) is 8.61. The minimum Gasteiger partial charge on any atom is -0.503 e. The molecule has 3 heterocycles. The number of alkyl halides is 1. The van der Waals surface area contributed by atoms with Crippen molar-refractivity contribution in [1.82, 2.24) is 14.8 Å². The molecule has 33 heavy (non-hydrogen) atoms. The van der Waals surface area contributed by atoms with E-state index in [1.807, 2.05) is 0 Å². The number of aromatic nitrogens is 1. The molecule has 1 saturated heterocycles. The maximum atomic E-state index is 15.0. The van der Waals surface area contributed by atoms with Crippen LogP contribution >= 0.6 is 0 Å². The van der Waals surface area contributed by atoms with E-state index in [2.05, 4.69) is 5.32 Å². The molecule has 3 atom stereocenters. The summed E-state index contributed by atoms with van der Waals surface area (Å²) in [4.78, 5) is 39.5. The van der Waals surface area contributed by atoms with Crippen molar-refractivity contribution < 1.29 is 32.3 Å². The third-order valence-corrected chi connectivity index (χ3v) is 6.56. The summed E-state index contributed by atoms with van der Waals surface area (Å²) in [5.74, 6) is -6.31. The molecule has 2 aliphatic heterocycles. The number of fused-ring (bicyclic) bond motifs is 4. The number of nitrogens with zero attached hydrogens (tertiary/aromatic N) is 2. The summed E-state index contributed by atoms with van der Waals surface area (Å²) in [5.41, 5.74) is -4.35. The molecule has 2 N–H and O–H groups in total. The molecule has 0 aliphatic carbocycles. The van der Waals surface area contributed by atoms with Crippen molar-refractivity contribution in [2.45, 2.75) is 51.0 Å². The summed E-state index contributed by atoms with van der Waals surface area (Å²) in [6.07, 6.45) is 1.48. The van der Waals surface area contributed by atoms with Crippen LogP contribution in [0.1, 0.15) is 59.1 Å². The summed E-state index contributed by atoms with van der Waals surface area (Å²) in [5, 5.41) is 12.7. The second kappa shape index (κ2) is 7.89. The van der Waals surface area contributed by atoms with Crippen molar-refractivity contribution in [1.29, 1.82) is 0 Å². The molecule has 0 saturated carbocycles. The number of aromatic hydroxyl groups is 1. The van der Waals surface area contributed by atoms with Crippen LogP contribution in [0.25, 0.3) is 0 Å². The molecule has 2 aliphatic rings. The Morgan fingerprint density at radius 3 is 2.52 bits per heavy atom. The first-order chi connectivity index (χ1) is 15.4. The number of benzene rings is 1. The maximum absolute atomic E-state index is 15.0. The van der Waals surface area contributed by atoms with Crippen molar-refractivity contribution in [2.24, 2.45) is 0 Å². The number of hydrogen-bond donors (Lipinski definition) is 2. The van der Waals surface area contributed by atoms with E-state index in [0.29, 0.717) is 12.1 Å². The van der Waals surface area contributed by atoms with E-state index in [1.165, 1.54) is 16.4 Å². The Balaban J connectivity index is 1.69. The van der Waals surface area contributed by atoms with Crippen molar-refractivity contribution >= 4 is 11.8 Å². The number of nitrogens with one attached hydrogen (secondary N) is 1. The van der Waals surface area contributed by atoms with Crippen LogP contribution in [0.4, 0.5) is 17.6 Å². The molecule has 1 fully saturated rings. The Bertz CT molecular complexity index is 1200. The average Bonchev–Trinajstić information content (AvgIpc) is 2.83. The Labute approximate surface area is 185 Å². The summed E-state index contributed by atoms with van der Waals surface area (Å²) < 4.78 is 57.1. The Hall–Kier alpha value is -3.37. The highest BCUT2D eigenvalue weighted by molar-refractivity contribution is 5.99. The largest absolute Gasteiger partial charge is 0.503 e. The van der Waals surface area contributed by atoms with Gasteiger partial charge in [-0.2, -0.15) is 0 Å². The van der Waals surface area contributed by atoms with Gasteiger partial charge in [-0.3, -0.25) is 14.4 Å². The molecular formula is C22H21F4N3O4. The van der Waals surface area contributed by atoms with E-state index in [4.69, 9.17) is 0 Å². The molecule has 2 bridgehead atoms. The van der Waals surface area contributed by atoms with E-state index in [0.717, 1.165) is 6.20 Å². The number of carbonyl (C=O) groups excluding carboxylic acids is 2. The van der Waals surface area contributed by atoms with Gasteiger partial charge in [0.1, 0.15) is 28.7 Å². The fraction of sp³-hybridized carbons (Fsp3) is 0.409. The lowest BCUT2D eigenvalue weighted by atomic mass is 9.94. The van der Waals surface area contributed by atoms with E-state index in [1.54, 1.807) is 6.92 Å². The molecule has 1 aromatic carbocycles. The van der Waals surface area contributed by atoms with Gasteiger partial charge in [0.25, 0.3) is 11.8 Å². The Morgan fingerprint density at radius 1 is 1.24 bits per heavy atom. The fourth-order valence-electron chi connectivity index (χ4n) is 4.37. The topological polar surface area (TPSA) is 91.6 Å². The summed E-state index contributed by atoms with van der Waals surface area (Å²) >= 11 is 0. The molecule has 2 aromatic rings. The van der Waals surface area contributed by atoms with Crippen LogP contribution in [0, 0.1) is 17.5 Å². The standard InChI is InChI=1S/C22H21F4N3O4/c1-10-22(2,26)4-3-12-8-28(10)21(33)17-19(31)18(30)14(9-29(12)17)20(32)27-7-13-15(24)5-11(23)6-16(13)25/h5-6,9-10,12,31H,3-4,7-8H2,1-2H3,(H,27,32)/t10-,12-,22?/m0/s1. The molecule has 7 nitrogen and oxygen atoms in total. The zero-order chi connectivity index (χ0) is 24.2. The predicted octanol–water partition coefficient (Wildman–Crippen LogP) is 2.81. The number of pyridine rings is 1. The summed E-state index contributed by atoms with van der Waals surface area (Å²) in [7, 11) is 0. The van der Waals surface area contributed by atoms with Crippen molar-refractivity contribution in [3.8, 4) is 5.75 Å². The third kappa shape index (κ3) is 3.75. The van der Waals surface area contributed by atoms with Gasteiger partial charge in [0.2, 0.25) is 5.43 Å². The molecule has 1 aromatic heterocycles. The average molecular weight is 467 g/mol. The van der Waals surface area contributed by atoms with E-state index in [9.17, 15) is 32.7 Å². The molecule has 11 heteroatoms. The van der Waals surface area contributed by atoms with Crippen LogP contribution < -0.4 is 10.7 Å². The number of amides is 2. The molecule has 1 unspecified atom stereocenters. The highest BCUT2D eigenvalue weighted by Gasteiger charge is 2.46. The smallest absolute Gasteiger partial charge is 0.274 e. The lowest BCUT2D eigenvalue weighted by molar-refractivity contribution is 0.0340. The Kier molecular flexibility index (Phi) is 5.45. The maximum Gasteiger partial charge on any atom is 0.274 e. The zero-order valence-electron chi connectivity index (χ0n) is 17.8. The van der Waals surface area contributed by atoms with Crippen LogP contribution in [0.3, 0.4) is 0 Å². The first kappa shape index (κ1) is 22.8. The van der Waals surface area contributed by atoms with Gasteiger partial charge in [0.05, 0.1) is 12.1 Å². The van der Waals surface area contributed by atoms with Crippen molar-refractivity contribution in [3.05, 3.63) is 62.8 Å². The molecule has 2 amide bonds. The van der Waals surface area contributed by atoms with Gasteiger partial charge < -0.3 is 19.9 Å². The van der Waals surface area contributed by atoms with E-state index in [-0.39, 0.29) is 25.1 Å². The van der Waals surface area contributed by atoms with Crippen molar-refractivity contribution in [2.75, 3.05) is 6.54 Å². The number of carbonyl (C=O) groups is 2. The van der Waals surface area contributed by atoms with Gasteiger partial charge in [-0.15, -0.1) is 0 Å². The third-order valence-electron chi connectivity index (χ3n) is 6.56. The first-order valence-electron chi connectivity index (χ1n) is 10.3. The van der Waals surface area contributed by atoms with Gasteiger partial charge in [-0.25, -0.2) is 17.6 Å². The Morgan fingerprint density at radius 2 is 1.88 bits per heavy atom. The van der Waals surface area contributed by atoms with Crippen LogP contribution in [0.5, 0.6) is 5.75 Å². The van der Waals surface area contributed by atoms with Crippen LogP contribution in [0.15, 0.2) is 23.1 Å². The van der Waals surface area contributed by atoms with Gasteiger partial charge >= 0.3 is 0 Å². The molecular weight excluding hydrogens is 446 g/mol. The number of hydrogen-bond acceptors (Lipinski definition) is 4. The van der Waals surface area contributed by atoms with Crippen LogP contribution in [0.2, 0.25) is 0 Å². The lowest BCUT2D eigenvalue weighted by Gasteiger charge is -2.39. The fourth-order valence-corrected chi connectivity index (χ4v) is 4.37. The SMILES string of the molecule is C[C@@H]1N2C[C@H](CCC1(C)F)n1cc(C(=O)NCc3c(F)cc(F)cc3F)c(=O)c(O)c1C2=O. The van der Waals surface area contributed by atoms with E-state index >= 15 is 4.39 Å². The minimum atomic E-state index is -1.69. The summed E-state index contributed by atoms with van der Waals surface area (Å²) in [6.45, 7) is 2.38. The predicted molar refractivity (Wildman–Crippen MR) is 108 cm³/mol. The van der Waals surface area contributed by atoms with Gasteiger partial charge in [-0.05, 0) is 26.7 Å². The van der Waals surface area contributed by atoms with E-state index < -0.39 is 75.9 Å². The molecule has 176 valence electrons. The molecule has 0 spiro atoms. The normalized spacial score (nSPS) is 24.3. The van der Waals surface area contributed by atoms with Crippen LogP contribution in [-0.4, -0.2) is 44.6 Å². The minimum absolute atomic E-state index is 0.111. The number of halogens is 4. The van der Waals surface area contributed by atoms with Gasteiger partial charge in [-0.1, -0.05) is 0 Å². The monoisotopic (exact) mass is 467 g/mol. The highest BCUT2D eigenvalue weighted by Crippen LogP contribution is 2.39. The molecule has 0 radical (unpaired) electrons. The quantitative estimate of drug-likeness (QED) is 0.680. The molecule has 4 rings (SSSR count).